The topological polar surface area (TPSA) is 70.9 Å². The van der Waals surface area contributed by atoms with Gasteiger partial charge in [-0.05, 0) is 24.3 Å². The van der Waals surface area contributed by atoms with E-state index < -0.39 is 5.76 Å². The quantitative estimate of drug-likeness (QED) is 0.593. The third-order valence-corrected chi connectivity index (χ3v) is 4.09. The molecular formula is C16H10FN3O2S. The molecule has 23 heavy (non-hydrogen) atoms. The molecule has 0 saturated heterocycles. The summed E-state index contributed by atoms with van der Waals surface area (Å²) in [6, 6.07) is 11.8. The van der Waals surface area contributed by atoms with Gasteiger partial charge in [-0.3, -0.25) is 4.98 Å². The molecule has 0 unspecified atom stereocenters. The minimum absolute atomic E-state index is 0.334. The zero-order chi connectivity index (χ0) is 15.8. The molecular weight excluding hydrogens is 317 g/mol. The first kappa shape index (κ1) is 13.7. The second kappa shape index (κ2) is 5.36. The Morgan fingerprint density at radius 1 is 1.22 bits per heavy atom. The van der Waals surface area contributed by atoms with Gasteiger partial charge < -0.3 is 9.73 Å². The lowest BCUT2D eigenvalue weighted by Crippen LogP contribution is -1.92. The average Bonchev–Trinajstić information content (AvgIpc) is 3.14. The highest BCUT2D eigenvalue weighted by Crippen LogP contribution is 2.29. The third-order valence-electron chi connectivity index (χ3n) is 3.34. The van der Waals surface area contributed by atoms with E-state index in [9.17, 15) is 9.18 Å². The van der Waals surface area contributed by atoms with E-state index in [0.29, 0.717) is 21.9 Å². The first-order chi connectivity index (χ1) is 11.2. The van der Waals surface area contributed by atoms with Crippen molar-refractivity contribution in [3.63, 3.8) is 0 Å². The van der Waals surface area contributed by atoms with E-state index in [1.54, 1.807) is 30.3 Å². The van der Waals surface area contributed by atoms with E-state index in [1.165, 1.54) is 17.4 Å². The van der Waals surface area contributed by atoms with Crippen LogP contribution in [-0.2, 0) is 0 Å². The van der Waals surface area contributed by atoms with E-state index in [4.69, 9.17) is 4.42 Å². The first-order valence-corrected chi connectivity index (χ1v) is 7.67. The fraction of sp³-hybridized carbons (Fsp3) is 0. The summed E-state index contributed by atoms with van der Waals surface area (Å²) in [5, 5.41) is 5.40. The second-order valence-corrected chi connectivity index (χ2v) is 5.73. The van der Waals surface area contributed by atoms with Crippen molar-refractivity contribution in [1.82, 2.24) is 9.97 Å². The van der Waals surface area contributed by atoms with Gasteiger partial charge in [-0.25, -0.2) is 14.2 Å². The van der Waals surface area contributed by atoms with E-state index >= 15 is 0 Å². The number of hydrogen-bond acceptors (Lipinski definition) is 5. The number of anilines is 2. The van der Waals surface area contributed by atoms with Crippen molar-refractivity contribution in [2.75, 3.05) is 5.32 Å². The number of nitrogens with zero attached hydrogens (tertiary/aromatic N) is 1. The van der Waals surface area contributed by atoms with Crippen molar-refractivity contribution in [1.29, 1.82) is 0 Å². The molecule has 0 aliphatic carbocycles. The lowest BCUT2D eigenvalue weighted by Gasteiger charge is -2.03. The molecule has 0 aliphatic heterocycles. The molecule has 2 N–H and O–H groups in total. The van der Waals surface area contributed by atoms with Crippen LogP contribution in [0.25, 0.3) is 22.4 Å². The summed E-state index contributed by atoms with van der Waals surface area (Å²) in [6.07, 6.45) is 0. The van der Waals surface area contributed by atoms with Gasteiger partial charge in [0.05, 0.1) is 16.9 Å². The van der Waals surface area contributed by atoms with Crippen LogP contribution in [-0.4, -0.2) is 9.97 Å². The first-order valence-electron chi connectivity index (χ1n) is 6.79. The molecule has 5 nitrogen and oxygen atoms in total. The monoisotopic (exact) mass is 327 g/mol. The summed E-state index contributed by atoms with van der Waals surface area (Å²) < 4.78 is 18.7. The van der Waals surface area contributed by atoms with Crippen LogP contribution >= 0.6 is 11.3 Å². The van der Waals surface area contributed by atoms with Crippen molar-refractivity contribution in [3.05, 3.63) is 64.2 Å². The van der Waals surface area contributed by atoms with Gasteiger partial charge in [-0.2, -0.15) is 0 Å². The summed E-state index contributed by atoms with van der Waals surface area (Å²) >= 11 is 1.37. The molecule has 2 aromatic carbocycles. The number of thiazole rings is 1. The number of hydrogen-bond donors (Lipinski definition) is 2. The predicted molar refractivity (Wildman–Crippen MR) is 87.6 cm³/mol. The molecule has 4 rings (SSSR count). The molecule has 0 spiro atoms. The van der Waals surface area contributed by atoms with E-state index in [0.717, 1.165) is 11.3 Å². The van der Waals surface area contributed by atoms with Crippen molar-refractivity contribution in [2.24, 2.45) is 0 Å². The van der Waals surface area contributed by atoms with Gasteiger partial charge in [0.2, 0.25) is 0 Å². The number of nitrogens with one attached hydrogen (secondary N) is 2. The van der Waals surface area contributed by atoms with Gasteiger partial charge in [0.15, 0.2) is 10.7 Å². The summed E-state index contributed by atoms with van der Waals surface area (Å²) in [5.41, 5.74) is 3.03. The molecule has 0 saturated carbocycles. The lowest BCUT2D eigenvalue weighted by atomic mass is 10.1. The lowest BCUT2D eigenvalue weighted by molar-refractivity contribution is 0.555. The van der Waals surface area contributed by atoms with Crippen LogP contribution in [0.15, 0.2) is 57.1 Å². The Morgan fingerprint density at radius 2 is 2.09 bits per heavy atom. The van der Waals surface area contributed by atoms with E-state index in [2.05, 4.69) is 15.3 Å². The number of halogens is 1. The summed E-state index contributed by atoms with van der Waals surface area (Å²) in [5.74, 6) is -0.822. The number of benzene rings is 2. The van der Waals surface area contributed by atoms with Crippen molar-refractivity contribution in [2.45, 2.75) is 0 Å². The predicted octanol–water partition coefficient (Wildman–Crippen LogP) is 4.13. The molecule has 0 aliphatic rings. The summed E-state index contributed by atoms with van der Waals surface area (Å²) in [6.45, 7) is 0. The van der Waals surface area contributed by atoms with Crippen LogP contribution in [0.1, 0.15) is 0 Å². The van der Waals surface area contributed by atoms with Crippen LogP contribution in [0, 0.1) is 5.82 Å². The highest BCUT2D eigenvalue weighted by Gasteiger charge is 2.09. The van der Waals surface area contributed by atoms with E-state index in [-0.39, 0.29) is 5.82 Å². The van der Waals surface area contributed by atoms with Crippen molar-refractivity contribution >= 4 is 33.3 Å². The smallest absolute Gasteiger partial charge is 0.408 e. The Kier molecular flexibility index (Phi) is 3.20. The Labute approximate surface area is 133 Å². The number of oxazole rings is 1. The Balaban J connectivity index is 1.66. The van der Waals surface area contributed by atoms with Crippen LogP contribution in [0.2, 0.25) is 0 Å². The summed E-state index contributed by atoms with van der Waals surface area (Å²) in [4.78, 5) is 18.2. The molecule has 0 bridgehead atoms. The molecule has 7 heteroatoms. The Bertz CT molecular complexity index is 1050. The molecule has 0 atom stereocenters. The fourth-order valence-electron chi connectivity index (χ4n) is 2.25. The molecule has 0 radical (unpaired) electrons. The van der Waals surface area contributed by atoms with Gasteiger partial charge >= 0.3 is 5.76 Å². The van der Waals surface area contributed by atoms with Gasteiger partial charge in [0.1, 0.15) is 5.82 Å². The average molecular weight is 327 g/mol. The molecule has 2 heterocycles. The minimum atomic E-state index is -0.489. The van der Waals surface area contributed by atoms with Crippen LogP contribution in [0.5, 0.6) is 0 Å². The normalized spacial score (nSPS) is 11.0. The van der Waals surface area contributed by atoms with Crippen molar-refractivity contribution < 1.29 is 8.81 Å². The molecule has 2 aromatic heterocycles. The zero-order valence-corrected chi connectivity index (χ0v) is 12.5. The minimum Gasteiger partial charge on any atom is -0.408 e. The highest BCUT2D eigenvalue weighted by atomic mass is 32.1. The second-order valence-electron chi connectivity index (χ2n) is 4.87. The van der Waals surface area contributed by atoms with Gasteiger partial charge in [-0.15, -0.1) is 11.3 Å². The zero-order valence-electron chi connectivity index (χ0n) is 11.7. The molecule has 4 aromatic rings. The number of aromatic amines is 1. The van der Waals surface area contributed by atoms with Gasteiger partial charge in [-0.1, -0.05) is 18.2 Å². The number of H-pyrrole nitrogens is 1. The number of para-hydroxylation sites is 1. The fourth-order valence-corrected chi connectivity index (χ4v) is 2.98. The molecule has 114 valence electrons. The van der Waals surface area contributed by atoms with Gasteiger partial charge in [0.25, 0.3) is 0 Å². The third kappa shape index (κ3) is 2.62. The molecule has 0 amide bonds. The largest absolute Gasteiger partial charge is 0.417 e. The van der Waals surface area contributed by atoms with Crippen LogP contribution in [0.4, 0.5) is 15.2 Å². The maximum Gasteiger partial charge on any atom is 0.417 e. The van der Waals surface area contributed by atoms with E-state index in [1.807, 2.05) is 11.4 Å². The highest BCUT2D eigenvalue weighted by molar-refractivity contribution is 7.14. The standard InChI is InChI=1S/C16H10FN3O2S/c17-10-3-1-2-4-11(10)18-15-19-13(8-23-15)9-5-6-12-14(7-9)22-16(21)20-12/h1-8H,(H,18,19)(H,20,21). The number of aromatic nitrogens is 2. The van der Waals surface area contributed by atoms with Crippen molar-refractivity contribution in [3.8, 4) is 11.3 Å². The Morgan fingerprint density at radius 3 is 2.96 bits per heavy atom. The Hall–Kier alpha value is -2.93. The maximum absolute atomic E-state index is 13.7. The SMILES string of the molecule is O=c1[nH]c2ccc(-c3csc(Nc4ccccc4F)n3)cc2o1. The number of rotatable bonds is 3. The van der Waals surface area contributed by atoms with Crippen LogP contribution < -0.4 is 11.1 Å². The molecule has 0 fully saturated rings. The maximum atomic E-state index is 13.7. The van der Waals surface area contributed by atoms with Crippen LogP contribution in [0.3, 0.4) is 0 Å². The number of fused-ring (bicyclic) bond motifs is 1. The van der Waals surface area contributed by atoms with Gasteiger partial charge in [0, 0.05) is 10.9 Å². The summed E-state index contributed by atoms with van der Waals surface area (Å²) in [7, 11) is 0.